The smallest absolute Gasteiger partial charge is 0.267 e. The molecule has 1 aliphatic heterocycles. The summed E-state index contributed by atoms with van der Waals surface area (Å²) in [5.41, 5.74) is 1.93. The molecule has 0 aliphatic carbocycles. The van der Waals surface area contributed by atoms with E-state index in [0.29, 0.717) is 22.7 Å². The molecule has 2 aromatic rings. The van der Waals surface area contributed by atoms with Crippen molar-refractivity contribution in [3.63, 3.8) is 0 Å². The molecule has 2 aromatic carbocycles. The minimum absolute atomic E-state index is 0.0128. The van der Waals surface area contributed by atoms with Crippen LogP contribution in [0.4, 0.5) is 11.4 Å². The number of carbonyl (C=O) groups is 2. The molecule has 2 atom stereocenters. The molecule has 0 aromatic heterocycles. The number of hydrogen-bond donors (Lipinski definition) is 2. The molecule has 0 bridgehead atoms. The van der Waals surface area contributed by atoms with Crippen LogP contribution in [-0.2, 0) is 14.8 Å². The summed E-state index contributed by atoms with van der Waals surface area (Å²) in [4.78, 5) is 25.6. The molecule has 0 saturated carbocycles. The number of amides is 2. The second-order valence-corrected chi connectivity index (χ2v) is 9.60. The summed E-state index contributed by atoms with van der Waals surface area (Å²) in [5, 5.41) is 5.60. The van der Waals surface area contributed by atoms with Crippen LogP contribution in [0.5, 0.6) is 5.75 Å². The molecule has 2 N–H and O–H groups in total. The molecule has 2 amide bonds. The fourth-order valence-corrected chi connectivity index (χ4v) is 4.13. The van der Waals surface area contributed by atoms with Crippen LogP contribution < -0.4 is 19.7 Å². The van der Waals surface area contributed by atoms with Gasteiger partial charge in [-0.2, -0.15) is 0 Å². The summed E-state index contributed by atoms with van der Waals surface area (Å²) < 4.78 is 31.7. The number of sulfonamides is 1. The minimum atomic E-state index is -3.62. The molecular formula is C22H27N3O5S. The molecule has 166 valence electrons. The third-order valence-corrected chi connectivity index (χ3v) is 6.24. The third-order valence-electron chi connectivity index (χ3n) is 5.10. The van der Waals surface area contributed by atoms with Gasteiger partial charge in [-0.15, -0.1) is 0 Å². The number of anilines is 2. The highest BCUT2D eigenvalue weighted by molar-refractivity contribution is 7.92. The highest BCUT2D eigenvalue weighted by Crippen LogP contribution is 2.36. The standard InChI is InChI=1S/C22H27N3O5S/c1-5-15(3)23-21(26)16-8-6-7-9-17(16)24-22(27)20-13-25(31(4,28)29)18-12-14(2)10-11-19(18)30-20/h6-12,15,20H,5,13H2,1-4H3,(H,23,26)(H,24,27)/t15-,20+/m1/s1. The van der Waals surface area contributed by atoms with Gasteiger partial charge in [-0.3, -0.25) is 13.9 Å². The van der Waals surface area contributed by atoms with Gasteiger partial charge in [-0.25, -0.2) is 8.42 Å². The fraction of sp³-hybridized carbons (Fsp3) is 0.364. The molecule has 31 heavy (non-hydrogen) atoms. The Kier molecular flexibility index (Phi) is 6.54. The van der Waals surface area contributed by atoms with E-state index in [0.717, 1.165) is 18.2 Å². The zero-order valence-corrected chi connectivity index (χ0v) is 18.8. The molecule has 1 aliphatic rings. The average molecular weight is 446 g/mol. The van der Waals surface area contributed by atoms with E-state index in [9.17, 15) is 18.0 Å². The van der Waals surface area contributed by atoms with Crippen LogP contribution in [0, 0.1) is 6.92 Å². The Labute approximate surface area is 182 Å². The Morgan fingerprint density at radius 3 is 2.61 bits per heavy atom. The first-order valence-electron chi connectivity index (χ1n) is 10.1. The monoisotopic (exact) mass is 445 g/mol. The van der Waals surface area contributed by atoms with E-state index in [-0.39, 0.29) is 18.5 Å². The number of aryl methyl sites for hydroxylation is 1. The Bertz CT molecular complexity index is 1100. The van der Waals surface area contributed by atoms with Crippen LogP contribution >= 0.6 is 0 Å². The Morgan fingerprint density at radius 1 is 1.23 bits per heavy atom. The van der Waals surface area contributed by atoms with E-state index in [2.05, 4.69) is 10.6 Å². The summed E-state index contributed by atoms with van der Waals surface area (Å²) >= 11 is 0. The van der Waals surface area contributed by atoms with Crippen molar-refractivity contribution < 1.29 is 22.7 Å². The normalized spacial score (nSPS) is 16.6. The molecule has 0 fully saturated rings. The molecule has 0 unspecified atom stereocenters. The quantitative estimate of drug-likeness (QED) is 0.711. The van der Waals surface area contributed by atoms with E-state index in [1.165, 1.54) is 4.31 Å². The molecule has 0 saturated heterocycles. The van der Waals surface area contributed by atoms with E-state index in [4.69, 9.17) is 4.74 Å². The summed E-state index contributed by atoms with van der Waals surface area (Å²) in [6.07, 6.45) is 0.792. The number of para-hydroxylation sites is 1. The number of carbonyl (C=O) groups excluding carboxylic acids is 2. The van der Waals surface area contributed by atoms with Crippen molar-refractivity contribution in [1.29, 1.82) is 0 Å². The molecule has 1 heterocycles. The van der Waals surface area contributed by atoms with Gasteiger partial charge in [0.15, 0.2) is 6.10 Å². The Morgan fingerprint density at radius 2 is 1.94 bits per heavy atom. The van der Waals surface area contributed by atoms with Crippen molar-refractivity contribution in [2.45, 2.75) is 39.3 Å². The lowest BCUT2D eigenvalue weighted by Gasteiger charge is -2.34. The Hall–Kier alpha value is -3.07. The lowest BCUT2D eigenvalue weighted by atomic mass is 10.1. The zero-order valence-electron chi connectivity index (χ0n) is 18.0. The topological polar surface area (TPSA) is 105 Å². The largest absolute Gasteiger partial charge is 0.476 e. The molecule has 0 radical (unpaired) electrons. The molecule has 3 rings (SSSR count). The van der Waals surface area contributed by atoms with Gasteiger partial charge in [-0.1, -0.05) is 25.1 Å². The van der Waals surface area contributed by atoms with Gasteiger partial charge in [0.1, 0.15) is 5.75 Å². The minimum Gasteiger partial charge on any atom is -0.476 e. The Balaban J connectivity index is 1.85. The number of fused-ring (bicyclic) bond motifs is 1. The predicted molar refractivity (Wildman–Crippen MR) is 120 cm³/mol. The number of nitrogens with one attached hydrogen (secondary N) is 2. The third kappa shape index (κ3) is 5.16. The van der Waals surface area contributed by atoms with E-state index < -0.39 is 22.0 Å². The summed E-state index contributed by atoms with van der Waals surface area (Å²) in [5.74, 6) is -0.526. The molecule has 9 heteroatoms. The van der Waals surface area contributed by atoms with Gasteiger partial charge in [-0.05, 0) is 50.1 Å². The number of benzene rings is 2. The van der Waals surface area contributed by atoms with Gasteiger partial charge in [0.25, 0.3) is 11.8 Å². The highest BCUT2D eigenvalue weighted by atomic mass is 32.2. The van der Waals surface area contributed by atoms with Crippen molar-refractivity contribution in [3.8, 4) is 5.75 Å². The molecule has 0 spiro atoms. The van der Waals surface area contributed by atoms with Crippen LogP contribution in [-0.4, -0.2) is 45.2 Å². The van der Waals surface area contributed by atoms with Gasteiger partial charge in [0.2, 0.25) is 10.0 Å². The van der Waals surface area contributed by atoms with Crippen LogP contribution in [0.2, 0.25) is 0 Å². The molecular weight excluding hydrogens is 418 g/mol. The second kappa shape index (κ2) is 8.97. The first-order valence-corrected chi connectivity index (χ1v) is 11.9. The summed E-state index contributed by atoms with van der Waals surface area (Å²) in [6.45, 7) is 5.54. The lowest BCUT2D eigenvalue weighted by Crippen LogP contribution is -2.48. The van der Waals surface area contributed by atoms with E-state index in [1.54, 1.807) is 42.5 Å². The van der Waals surface area contributed by atoms with Gasteiger partial charge < -0.3 is 15.4 Å². The number of hydrogen-bond acceptors (Lipinski definition) is 5. The maximum Gasteiger partial charge on any atom is 0.267 e. The number of nitrogens with zero attached hydrogens (tertiary/aromatic N) is 1. The fourth-order valence-electron chi connectivity index (χ4n) is 3.22. The zero-order chi connectivity index (χ0) is 22.8. The van der Waals surface area contributed by atoms with Crippen LogP contribution in [0.25, 0.3) is 0 Å². The molecule has 8 nitrogen and oxygen atoms in total. The second-order valence-electron chi connectivity index (χ2n) is 7.69. The van der Waals surface area contributed by atoms with Crippen molar-refractivity contribution >= 4 is 33.2 Å². The van der Waals surface area contributed by atoms with Crippen LogP contribution in [0.3, 0.4) is 0 Å². The maximum absolute atomic E-state index is 13.0. The van der Waals surface area contributed by atoms with Crippen molar-refractivity contribution in [2.24, 2.45) is 0 Å². The maximum atomic E-state index is 13.0. The van der Waals surface area contributed by atoms with Crippen LogP contribution in [0.1, 0.15) is 36.2 Å². The van der Waals surface area contributed by atoms with Crippen molar-refractivity contribution in [1.82, 2.24) is 5.32 Å². The summed E-state index contributed by atoms with van der Waals surface area (Å²) in [7, 11) is -3.62. The van der Waals surface area contributed by atoms with E-state index in [1.807, 2.05) is 20.8 Å². The van der Waals surface area contributed by atoms with Crippen LogP contribution in [0.15, 0.2) is 42.5 Å². The SMILES string of the molecule is CC[C@@H](C)NC(=O)c1ccccc1NC(=O)[C@@H]1CN(S(C)(=O)=O)c2cc(C)ccc2O1. The number of rotatable bonds is 6. The first kappa shape index (κ1) is 22.6. The highest BCUT2D eigenvalue weighted by Gasteiger charge is 2.35. The van der Waals surface area contributed by atoms with Gasteiger partial charge in [0, 0.05) is 6.04 Å². The predicted octanol–water partition coefficient (Wildman–Crippen LogP) is 2.69. The van der Waals surface area contributed by atoms with E-state index >= 15 is 0 Å². The van der Waals surface area contributed by atoms with Crippen molar-refractivity contribution in [2.75, 3.05) is 22.4 Å². The first-order chi connectivity index (χ1) is 14.6. The van der Waals surface area contributed by atoms with Gasteiger partial charge >= 0.3 is 0 Å². The lowest BCUT2D eigenvalue weighted by molar-refractivity contribution is -0.122. The number of ether oxygens (including phenoxy) is 1. The van der Waals surface area contributed by atoms with Gasteiger partial charge in [0.05, 0.1) is 29.7 Å². The average Bonchev–Trinajstić information content (AvgIpc) is 2.72. The summed E-state index contributed by atoms with van der Waals surface area (Å²) in [6, 6.07) is 11.8. The van der Waals surface area contributed by atoms with Crippen molar-refractivity contribution in [3.05, 3.63) is 53.6 Å².